The standard InChI is InChI=1S/C24H17ClN4O2S3/c25-21-13-12-20(34-21)23-22(19-3-1-2-14-26-19)27-24(32)28(23)15-4-8-17(9-5-15)33-18-10-6-16(7-11-18)29(30)31/h1-14,22-23H,(H,27,32)/t22-,23+/m0/s1. The third kappa shape index (κ3) is 4.65. The molecule has 0 amide bonds. The zero-order valence-corrected chi connectivity index (χ0v) is 20.7. The van der Waals surface area contributed by atoms with E-state index in [1.807, 2.05) is 54.6 Å². The van der Waals surface area contributed by atoms with Gasteiger partial charge in [-0.3, -0.25) is 15.1 Å². The van der Waals surface area contributed by atoms with Gasteiger partial charge in [0.1, 0.15) is 0 Å². The Morgan fingerprint density at radius 1 is 1.03 bits per heavy atom. The summed E-state index contributed by atoms with van der Waals surface area (Å²) < 4.78 is 0.724. The van der Waals surface area contributed by atoms with E-state index in [-0.39, 0.29) is 17.8 Å². The van der Waals surface area contributed by atoms with E-state index in [1.54, 1.807) is 30.1 Å². The van der Waals surface area contributed by atoms with Crippen molar-refractivity contribution in [2.75, 3.05) is 4.90 Å². The molecule has 0 bridgehead atoms. The van der Waals surface area contributed by atoms with Crippen LogP contribution in [0.3, 0.4) is 0 Å². The molecule has 2 aromatic carbocycles. The fourth-order valence-electron chi connectivity index (χ4n) is 3.86. The van der Waals surface area contributed by atoms with Crippen molar-refractivity contribution in [2.24, 2.45) is 0 Å². The molecule has 10 heteroatoms. The fourth-order valence-corrected chi connectivity index (χ4v) is 6.21. The largest absolute Gasteiger partial charge is 0.351 e. The number of nitro groups is 1. The number of anilines is 1. The predicted octanol–water partition coefficient (Wildman–Crippen LogP) is 7.03. The van der Waals surface area contributed by atoms with Crippen molar-refractivity contribution in [3.8, 4) is 0 Å². The highest BCUT2D eigenvalue weighted by molar-refractivity contribution is 7.99. The van der Waals surface area contributed by atoms with Crippen LogP contribution in [0.4, 0.5) is 11.4 Å². The van der Waals surface area contributed by atoms with Crippen molar-refractivity contribution < 1.29 is 4.92 Å². The van der Waals surface area contributed by atoms with Crippen molar-refractivity contribution >= 4 is 63.4 Å². The van der Waals surface area contributed by atoms with Gasteiger partial charge in [-0.2, -0.15) is 0 Å². The quantitative estimate of drug-likeness (QED) is 0.165. The number of benzene rings is 2. The number of aromatic nitrogens is 1. The maximum absolute atomic E-state index is 10.9. The predicted molar refractivity (Wildman–Crippen MR) is 141 cm³/mol. The number of non-ortho nitro benzene ring substituents is 1. The van der Waals surface area contributed by atoms with E-state index in [0.717, 1.165) is 30.4 Å². The van der Waals surface area contributed by atoms with Gasteiger partial charge in [-0.25, -0.2) is 0 Å². The van der Waals surface area contributed by atoms with Crippen molar-refractivity contribution in [2.45, 2.75) is 21.9 Å². The first-order chi connectivity index (χ1) is 16.5. The van der Waals surface area contributed by atoms with Gasteiger partial charge in [0.2, 0.25) is 0 Å². The molecule has 0 unspecified atom stereocenters. The summed E-state index contributed by atoms with van der Waals surface area (Å²) in [5.74, 6) is 0. The first-order valence-electron chi connectivity index (χ1n) is 10.3. The van der Waals surface area contributed by atoms with E-state index < -0.39 is 4.92 Å². The summed E-state index contributed by atoms with van der Waals surface area (Å²) >= 11 is 15.1. The minimum Gasteiger partial charge on any atom is -0.351 e. The molecule has 1 saturated heterocycles. The van der Waals surface area contributed by atoms with E-state index >= 15 is 0 Å². The van der Waals surface area contributed by atoms with E-state index in [0.29, 0.717) is 5.11 Å². The molecule has 34 heavy (non-hydrogen) atoms. The fraction of sp³-hybridized carbons (Fsp3) is 0.0833. The van der Waals surface area contributed by atoms with Gasteiger partial charge in [0, 0.05) is 38.7 Å². The Labute approximate surface area is 214 Å². The number of nitrogens with zero attached hydrogens (tertiary/aromatic N) is 3. The van der Waals surface area contributed by atoms with Crippen molar-refractivity contribution in [3.63, 3.8) is 0 Å². The van der Waals surface area contributed by atoms with E-state index in [2.05, 4.69) is 15.2 Å². The number of halogens is 1. The first-order valence-corrected chi connectivity index (χ1v) is 12.7. The normalized spacial score (nSPS) is 17.6. The highest BCUT2D eigenvalue weighted by Gasteiger charge is 2.41. The molecule has 170 valence electrons. The van der Waals surface area contributed by atoms with Crippen LogP contribution in [0.25, 0.3) is 0 Å². The van der Waals surface area contributed by atoms with Gasteiger partial charge < -0.3 is 10.2 Å². The number of thiophene rings is 1. The van der Waals surface area contributed by atoms with Gasteiger partial charge >= 0.3 is 0 Å². The van der Waals surface area contributed by atoms with Crippen LogP contribution in [0.1, 0.15) is 22.7 Å². The molecule has 1 aliphatic heterocycles. The number of rotatable bonds is 6. The summed E-state index contributed by atoms with van der Waals surface area (Å²) in [4.78, 5) is 20.2. The number of hydrogen-bond donors (Lipinski definition) is 1. The minimum absolute atomic E-state index is 0.0805. The highest BCUT2D eigenvalue weighted by atomic mass is 35.5. The van der Waals surface area contributed by atoms with Crippen molar-refractivity contribution in [1.82, 2.24) is 10.3 Å². The summed E-state index contributed by atoms with van der Waals surface area (Å²) in [6.07, 6.45) is 1.78. The topological polar surface area (TPSA) is 71.3 Å². The van der Waals surface area contributed by atoms with Gasteiger partial charge in [0.25, 0.3) is 5.69 Å². The molecule has 6 nitrogen and oxygen atoms in total. The summed E-state index contributed by atoms with van der Waals surface area (Å²) in [6.45, 7) is 0. The molecule has 1 aliphatic rings. The highest BCUT2D eigenvalue weighted by Crippen LogP contribution is 2.44. The van der Waals surface area contributed by atoms with E-state index in [9.17, 15) is 10.1 Å². The second-order valence-corrected chi connectivity index (χ2v) is 10.8. The van der Waals surface area contributed by atoms with E-state index in [1.165, 1.54) is 23.5 Å². The second-order valence-electron chi connectivity index (χ2n) is 7.49. The third-order valence-electron chi connectivity index (χ3n) is 5.38. The molecule has 3 heterocycles. The van der Waals surface area contributed by atoms with Crippen LogP contribution in [0.2, 0.25) is 4.34 Å². The molecule has 5 rings (SSSR count). The second kappa shape index (κ2) is 9.71. The van der Waals surface area contributed by atoms with Crippen LogP contribution in [-0.2, 0) is 0 Å². The molecule has 4 aromatic rings. The van der Waals surface area contributed by atoms with Crippen LogP contribution in [0.5, 0.6) is 0 Å². The zero-order valence-electron chi connectivity index (χ0n) is 17.5. The number of pyridine rings is 1. The summed E-state index contributed by atoms with van der Waals surface area (Å²) in [6, 6.07) is 24.2. The molecular weight excluding hydrogens is 508 g/mol. The molecule has 0 saturated carbocycles. The Morgan fingerprint density at radius 3 is 2.32 bits per heavy atom. The Morgan fingerprint density at radius 2 is 1.74 bits per heavy atom. The first kappa shape index (κ1) is 22.8. The average molecular weight is 525 g/mol. The van der Waals surface area contributed by atoms with Crippen molar-refractivity contribution in [3.05, 3.63) is 110 Å². The molecular formula is C24H17ClN4O2S3. The molecule has 0 spiro atoms. The Hall–Kier alpha value is -2.98. The molecule has 0 aliphatic carbocycles. The molecule has 1 fully saturated rings. The summed E-state index contributed by atoms with van der Waals surface area (Å²) in [5, 5.41) is 14.9. The van der Waals surface area contributed by atoms with Crippen LogP contribution in [0, 0.1) is 10.1 Å². The number of hydrogen-bond acceptors (Lipinski definition) is 6. The van der Waals surface area contributed by atoms with Gasteiger partial charge in [-0.05, 0) is 72.9 Å². The van der Waals surface area contributed by atoms with Gasteiger partial charge in [-0.15, -0.1) is 11.3 Å². The third-order valence-corrected chi connectivity index (χ3v) is 8.01. The SMILES string of the molecule is O=[N+]([O-])c1ccc(Sc2ccc(N3C(=S)N[C@@H](c4ccccn4)[C@H]3c3ccc(Cl)s3)cc2)cc1. The lowest BCUT2D eigenvalue weighted by molar-refractivity contribution is -0.384. The smallest absolute Gasteiger partial charge is 0.269 e. The van der Waals surface area contributed by atoms with Crippen LogP contribution in [0.15, 0.2) is 94.9 Å². The van der Waals surface area contributed by atoms with E-state index in [4.69, 9.17) is 23.8 Å². The lowest BCUT2D eigenvalue weighted by atomic mass is 10.0. The monoisotopic (exact) mass is 524 g/mol. The molecule has 0 radical (unpaired) electrons. The lowest BCUT2D eigenvalue weighted by Gasteiger charge is -2.27. The number of nitro benzene ring substituents is 1. The summed E-state index contributed by atoms with van der Waals surface area (Å²) in [7, 11) is 0. The zero-order chi connectivity index (χ0) is 23.7. The number of nitrogens with one attached hydrogen (secondary N) is 1. The van der Waals surface area contributed by atoms with Crippen LogP contribution in [-0.4, -0.2) is 15.0 Å². The average Bonchev–Trinajstić information content (AvgIpc) is 3.43. The van der Waals surface area contributed by atoms with Crippen LogP contribution >= 0.6 is 46.9 Å². The Bertz CT molecular complexity index is 1330. The lowest BCUT2D eigenvalue weighted by Crippen LogP contribution is -2.29. The summed E-state index contributed by atoms with van der Waals surface area (Å²) in [5.41, 5.74) is 1.95. The number of thiocarbonyl (C=S) groups is 1. The maximum Gasteiger partial charge on any atom is 0.269 e. The van der Waals surface area contributed by atoms with Gasteiger partial charge in [0.15, 0.2) is 5.11 Å². The van der Waals surface area contributed by atoms with Crippen molar-refractivity contribution in [1.29, 1.82) is 0 Å². The molecule has 2 aromatic heterocycles. The van der Waals surface area contributed by atoms with Gasteiger partial charge in [-0.1, -0.05) is 29.4 Å². The van der Waals surface area contributed by atoms with Crippen LogP contribution < -0.4 is 10.2 Å². The minimum atomic E-state index is -0.397. The Kier molecular flexibility index (Phi) is 6.51. The van der Waals surface area contributed by atoms with Gasteiger partial charge in [0.05, 0.1) is 27.0 Å². The maximum atomic E-state index is 10.9. The Balaban J connectivity index is 1.43. The molecule has 1 N–H and O–H groups in total. The molecule has 2 atom stereocenters.